The molecule has 0 amide bonds. The molecular formula is C13H23N3. The maximum atomic E-state index is 8.62. The summed E-state index contributed by atoms with van der Waals surface area (Å²) in [7, 11) is 2.16. The van der Waals surface area contributed by atoms with E-state index in [-0.39, 0.29) is 6.04 Å². The number of nitriles is 1. The summed E-state index contributed by atoms with van der Waals surface area (Å²) in [5.74, 6) is 2.95. The molecule has 4 atom stereocenters. The topological polar surface area (TPSA) is 53.0 Å². The lowest BCUT2D eigenvalue weighted by atomic mass is 9.88. The lowest BCUT2D eigenvalue weighted by Crippen LogP contribution is -2.32. The van der Waals surface area contributed by atoms with Crippen LogP contribution >= 0.6 is 0 Å². The van der Waals surface area contributed by atoms with Gasteiger partial charge in [0.25, 0.3) is 0 Å². The zero-order valence-electron chi connectivity index (χ0n) is 10.2. The molecule has 0 radical (unpaired) electrons. The molecule has 2 aliphatic rings. The molecule has 2 bridgehead atoms. The van der Waals surface area contributed by atoms with Crippen LogP contribution in [-0.2, 0) is 0 Å². The van der Waals surface area contributed by atoms with Gasteiger partial charge in [0.05, 0.1) is 12.1 Å². The molecule has 2 saturated carbocycles. The fourth-order valence-corrected chi connectivity index (χ4v) is 3.52. The summed E-state index contributed by atoms with van der Waals surface area (Å²) >= 11 is 0. The van der Waals surface area contributed by atoms with Crippen molar-refractivity contribution in [3.05, 3.63) is 0 Å². The Labute approximate surface area is 98.6 Å². The fraction of sp³-hybridized carbons (Fsp3) is 0.923. The van der Waals surface area contributed by atoms with E-state index in [1.807, 2.05) is 0 Å². The monoisotopic (exact) mass is 221 g/mol. The lowest BCUT2D eigenvalue weighted by molar-refractivity contribution is 0.217. The van der Waals surface area contributed by atoms with Gasteiger partial charge in [0, 0.05) is 13.1 Å². The maximum Gasteiger partial charge on any atom is 0.0940 e. The number of nitrogens with zero attached hydrogens (tertiary/aromatic N) is 2. The summed E-state index contributed by atoms with van der Waals surface area (Å²) in [5, 5.41) is 8.62. The first-order valence-electron chi connectivity index (χ1n) is 6.52. The van der Waals surface area contributed by atoms with E-state index in [0.29, 0.717) is 0 Å². The normalized spacial score (nSPS) is 34.2. The zero-order valence-corrected chi connectivity index (χ0v) is 10.2. The van der Waals surface area contributed by atoms with Crippen molar-refractivity contribution in [2.75, 3.05) is 20.1 Å². The Balaban J connectivity index is 1.68. The average Bonchev–Trinajstić information content (AvgIpc) is 2.87. The Morgan fingerprint density at radius 1 is 1.44 bits per heavy atom. The summed E-state index contributed by atoms with van der Waals surface area (Å²) in [4.78, 5) is 2.36. The van der Waals surface area contributed by atoms with Crippen molar-refractivity contribution >= 4 is 0 Å². The molecule has 0 aromatic heterocycles. The Hall–Kier alpha value is -0.590. The first-order valence-corrected chi connectivity index (χ1v) is 6.52. The van der Waals surface area contributed by atoms with Crippen LogP contribution in [0, 0.1) is 29.1 Å². The second kappa shape index (κ2) is 5.16. The predicted octanol–water partition coefficient (Wildman–Crippen LogP) is 1.60. The van der Waals surface area contributed by atoms with Crippen molar-refractivity contribution < 1.29 is 0 Å². The fourth-order valence-electron chi connectivity index (χ4n) is 3.52. The van der Waals surface area contributed by atoms with Crippen molar-refractivity contribution in [1.82, 2.24) is 4.90 Å². The zero-order chi connectivity index (χ0) is 11.5. The number of fused-ring (bicyclic) bond motifs is 2. The standard InChI is InChI=1S/C13H23N3/c1-16(5-4-13(15)8-14)9-12-7-10-2-3-11(12)6-10/h10-13H,2-7,9,15H2,1H3. The quantitative estimate of drug-likeness (QED) is 0.767. The molecule has 0 aliphatic heterocycles. The van der Waals surface area contributed by atoms with Crippen LogP contribution in [0.15, 0.2) is 0 Å². The van der Waals surface area contributed by atoms with Gasteiger partial charge in [0.1, 0.15) is 0 Å². The minimum atomic E-state index is -0.289. The van der Waals surface area contributed by atoms with Crippen LogP contribution in [0.25, 0.3) is 0 Å². The van der Waals surface area contributed by atoms with Crippen molar-refractivity contribution in [2.24, 2.45) is 23.5 Å². The number of hydrogen-bond acceptors (Lipinski definition) is 3. The summed E-state index contributed by atoms with van der Waals surface area (Å²) in [6, 6.07) is 1.80. The van der Waals surface area contributed by atoms with Crippen LogP contribution in [-0.4, -0.2) is 31.1 Å². The third kappa shape index (κ3) is 2.75. The summed E-state index contributed by atoms with van der Waals surface area (Å²) in [5.41, 5.74) is 5.60. The molecule has 2 aliphatic carbocycles. The largest absolute Gasteiger partial charge is 0.316 e. The van der Waals surface area contributed by atoms with Crippen LogP contribution in [0.4, 0.5) is 0 Å². The highest BCUT2D eigenvalue weighted by atomic mass is 15.1. The molecule has 2 fully saturated rings. The van der Waals surface area contributed by atoms with Gasteiger partial charge in [-0.1, -0.05) is 6.42 Å². The second-order valence-corrected chi connectivity index (χ2v) is 5.72. The van der Waals surface area contributed by atoms with Gasteiger partial charge in [-0.25, -0.2) is 0 Å². The number of rotatable bonds is 5. The van der Waals surface area contributed by atoms with Gasteiger partial charge < -0.3 is 10.6 Å². The predicted molar refractivity (Wildman–Crippen MR) is 64.6 cm³/mol. The third-order valence-electron chi connectivity index (χ3n) is 4.42. The molecule has 4 unspecified atom stereocenters. The molecule has 0 aromatic rings. The van der Waals surface area contributed by atoms with E-state index in [4.69, 9.17) is 11.0 Å². The molecular weight excluding hydrogens is 198 g/mol. The van der Waals surface area contributed by atoms with E-state index >= 15 is 0 Å². The lowest BCUT2D eigenvalue weighted by Gasteiger charge is -2.27. The van der Waals surface area contributed by atoms with Crippen LogP contribution < -0.4 is 5.73 Å². The molecule has 0 saturated heterocycles. The first kappa shape index (κ1) is 11.9. The van der Waals surface area contributed by atoms with Gasteiger partial charge in [-0.15, -0.1) is 0 Å². The van der Waals surface area contributed by atoms with Crippen molar-refractivity contribution in [3.63, 3.8) is 0 Å². The van der Waals surface area contributed by atoms with Gasteiger partial charge in [-0.3, -0.25) is 0 Å². The molecule has 0 spiro atoms. The summed E-state index contributed by atoms with van der Waals surface area (Å²) < 4.78 is 0. The first-order chi connectivity index (χ1) is 7.69. The number of nitrogens with two attached hydrogens (primary N) is 1. The van der Waals surface area contributed by atoms with E-state index in [1.54, 1.807) is 0 Å². The van der Waals surface area contributed by atoms with Gasteiger partial charge in [-0.2, -0.15) is 5.26 Å². The molecule has 0 aromatic carbocycles. The van der Waals surface area contributed by atoms with E-state index in [0.717, 1.165) is 30.7 Å². The van der Waals surface area contributed by atoms with Crippen LogP contribution in [0.2, 0.25) is 0 Å². The Morgan fingerprint density at radius 3 is 2.81 bits per heavy atom. The Morgan fingerprint density at radius 2 is 2.25 bits per heavy atom. The summed E-state index contributed by atoms with van der Waals surface area (Å²) in [6.07, 6.45) is 6.66. The highest BCUT2D eigenvalue weighted by Crippen LogP contribution is 2.48. The van der Waals surface area contributed by atoms with Gasteiger partial charge in [0.15, 0.2) is 0 Å². The van der Waals surface area contributed by atoms with Crippen LogP contribution in [0.1, 0.15) is 32.1 Å². The van der Waals surface area contributed by atoms with E-state index in [2.05, 4.69) is 18.0 Å². The smallest absolute Gasteiger partial charge is 0.0940 e. The second-order valence-electron chi connectivity index (χ2n) is 5.72. The van der Waals surface area contributed by atoms with E-state index in [1.165, 1.54) is 32.2 Å². The van der Waals surface area contributed by atoms with Crippen molar-refractivity contribution in [2.45, 2.75) is 38.1 Å². The molecule has 2 rings (SSSR count). The van der Waals surface area contributed by atoms with Crippen molar-refractivity contribution in [3.8, 4) is 6.07 Å². The highest BCUT2D eigenvalue weighted by molar-refractivity contribution is 4.91. The van der Waals surface area contributed by atoms with E-state index < -0.39 is 0 Å². The van der Waals surface area contributed by atoms with Gasteiger partial charge >= 0.3 is 0 Å². The van der Waals surface area contributed by atoms with Crippen LogP contribution in [0.5, 0.6) is 0 Å². The third-order valence-corrected chi connectivity index (χ3v) is 4.42. The van der Waals surface area contributed by atoms with Gasteiger partial charge in [0.2, 0.25) is 0 Å². The minimum Gasteiger partial charge on any atom is -0.316 e. The Bertz CT molecular complexity index is 271. The molecule has 90 valence electrons. The highest BCUT2D eigenvalue weighted by Gasteiger charge is 2.39. The van der Waals surface area contributed by atoms with Crippen molar-refractivity contribution in [1.29, 1.82) is 5.26 Å². The van der Waals surface area contributed by atoms with Gasteiger partial charge in [-0.05, 0) is 50.5 Å². The summed E-state index contributed by atoms with van der Waals surface area (Å²) in [6.45, 7) is 2.17. The molecule has 16 heavy (non-hydrogen) atoms. The van der Waals surface area contributed by atoms with Crippen LogP contribution in [0.3, 0.4) is 0 Å². The maximum absolute atomic E-state index is 8.62. The SMILES string of the molecule is CN(CCC(N)C#N)CC1CC2CCC1C2. The molecule has 2 N–H and O–H groups in total. The molecule has 3 heteroatoms. The minimum absolute atomic E-state index is 0.289. The average molecular weight is 221 g/mol. The molecule has 0 heterocycles. The molecule has 3 nitrogen and oxygen atoms in total. The Kier molecular flexibility index (Phi) is 3.83. The number of hydrogen-bond donors (Lipinski definition) is 1. The van der Waals surface area contributed by atoms with E-state index in [9.17, 15) is 0 Å².